The molecule has 0 fully saturated rings. The van der Waals surface area contributed by atoms with Crippen LogP contribution in [0.5, 0.6) is 11.6 Å². The van der Waals surface area contributed by atoms with Crippen molar-refractivity contribution in [3.8, 4) is 17.7 Å². The Morgan fingerprint density at radius 3 is 2.70 bits per heavy atom. The maximum atomic E-state index is 13.2. The molecule has 0 bridgehead atoms. The molecule has 0 spiro atoms. The van der Waals surface area contributed by atoms with Crippen molar-refractivity contribution < 1.29 is 13.9 Å². The van der Waals surface area contributed by atoms with E-state index in [9.17, 15) is 14.9 Å². The fourth-order valence-electron chi connectivity index (χ4n) is 3.36. The number of fused-ring (bicyclic) bond motifs is 1. The molecule has 4 aromatic rings. The molecule has 0 radical (unpaired) electrons. The van der Waals surface area contributed by atoms with E-state index in [1.165, 1.54) is 16.7 Å². The highest BCUT2D eigenvalue weighted by Gasteiger charge is 2.17. The van der Waals surface area contributed by atoms with E-state index in [4.69, 9.17) is 9.15 Å². The summed E-state index contributed by atoms with van der Waals surface area (Å²) >= 11 is 0. The molecule has 0 aliphatic rings. The fourth-order valence-corrected chi connectivity index (χ4v) is 3.36. The van der Waals surface area contributed by atoms with E-state index in [0.717, 1.165) is 11.1 Å². The third-order valence-corrected chi connectivity index (χ3v) is 4.80. The highest BCUT2D eigenvalue weighted by atomic mass is 16.5. The van der Waals surface area contributed by atoms with Gasteiger partial charge in [0.05, 0.1) is 12.8 Å². The Morgan fingerprint density at radius 1 is 1.21 bits per heavy atom. The van der Waals surface area contributed by atoms with Gasteiger partial charge >= 0.3 is 0 Å². The summed E-state index contributed by atoms with van der Waals surface area (Å²) in [6, 6.07) is 16.0. The lowest BCUT2D eigenvalue weighted by Crippen LogP contribution is -2.24. The summed E-state index contributed by atoms with van der Waals surface area (Å²) < 4.78 is 12.5. The first-order valence-electron chi connectivity index (χ1n) is 10.1. The van der Waals surface area contributed by atoms with Crippen molar-refractivity contribution >= 4 is 17.6 Å². The lowest BCUT2D eigenvalue weighted by Gasteiger charge is -2.11. The molecule has 1 N–H and O–H groups in total. The fraction of sp³-hybridized carbons (Fsp3) is 0.120. The van der Waals surface area contributed by atoms with Gasteiger partial charge in [-0.05, 0) is 67.4 Å². The Balaban J connectivity index is 1.77. The molecule has 33 heavy (non-hydrogen) atoms. The van der Waals surface area contributed by atoms with Crippen LogP contribution in [0.25, 0.3) is 11.7 Å². The average Bonchev–Trinajstić information content (AvgIpc) is 3.30. The van der Waals surface area contributed by atoms with Gasteiger partial charge in [-0.1, -0.05) is 12.1 Å². The Bertz CT molecular complexity index is 1440. The van der Waals surface area contributed by atoms with Gasteiger partial charge in [0.1, 0.15) is 34.4 Å². The van der Waals surface area contributed by atoms with Gasteiger partial charge in [-0.2, -0.15) is 10.2 Å². The highest BCUT2D eigenvalue weighted by molar-refractivity contribution is 6.01. The average molecular weight is 440 g/mol. The number of benzene rings is 1. The molecule has 164 valence electrons. The van der Waals surface area contributed by atoms with Gasteiger partial charge in [0, 0.05) is 6.20 Å². The summed E-state index contributed by atoms with van der Waals surface area (Å²) in [6.07, 6.45) is 4.25. The van der Waals surface area contributed by atoms with Gasteiger partial charge < -0.3 is 14.5 Å². The maximum absolute atomic E-state index is 13.2. The molecule has 8 nitrogen and oxygen atoms in total. The van der Waals surface area contributed by atoms with E-state index in [1.807, 2.05) is 38.1 Å². The zero-order chi connectivity index (χ0) is 23.4. The number of amides is 1. The first kappa shape index (κ1) is 21.6. The molecule has 3 aromatic heterocycles. The van der Waals surface area contributed by atoms with Gasteiger partial charge in [-0.25, -0.2) is 0 Å². The molecule has 4 rings (SSSR count). The Morgan fingerprint density at radius 2 is 2.00 bits per heavy atom. The van der Waals surface area contributed by atoms with Crippen molar-refractivity contribution in [2.45, 2.75) is 20.4 Å². The number of hydrogen-bond acceptors (Lipinski definition) is 6. The zero-order valence-electron chi connectivity index (χ0n) is 18.0. The molecule has 0 atom stereocenters. The molecule has 0 aliphatic carbocycles. The summed E-state index contributed by atoms with van der Waals surface area (Å²) in [7, 11) is 0. The molecule has 3 heterocycles. The van der Waals surface area contributed by atoms with Gasteiger partial charge in [0.25, 0.3) is 11.5 Å². The van der Waals surface area contributed by atoms with E-state index in [2.05, 4.69) is 10.3 Å². The van der Waals surface area contributed by atoms with Crippen molar-refractivity contribution in [3.05, 3.63) is 99.4 Å². The van der Waals surface area contributed by atoms with E-state index < -0.39 is 11.5 Å². The first-order chi connectivity index (χ1) is 15.9. The number of ether oxygens (including phenoxy) is 1. The standard InChI is InChI=1S/C25H20N4O4/c1-16-10-17(2)12-20(11-16)33-24-21(25(31)29-8-4-3-7-22(29)28-24)13-18(14-26)23(30)27-15-19-6-5-9-32-19/h3-13H,15H2,1-2H3,(H,27,30). The minimum absolute atomic E-state index is 0.00258. The third-order valence-electron chi connectivity index (χ3n) is 4.80. The molecular formula is C25H20N4O4. The number of rotatable bonds is 6. The van der Waals surface area contributed by atoms with Gasteiger partial charge in [-0.3, -0.25) is 14.0 Å². The summed E-state index contributed by atoms with van der Waals surface area (Å²) in [6.45, 7) is 3.97. The molecule has 8 heteroatoms. The SMILES string of the molecule is Cc1cc(C)cc(Oc2nc3ccccn3c(=O)c2C=C(C#N)C(=O)NCc2ccco2)c1. The van der Waals surface area contributed by atoms with Crippen molar-refractivity contribution in [3.63, 3.8) is 0 Å². The molecule has 0 saturated carbocycles. The Kier molecular flexibility index (Phi) is 6.04. The number of hydrogen-bond donors (Lipinski definition) is 1. The number of nitriles is 1. The molecule has 1 aromatic carbocycles. The van der Waals surface area contributed by atoms with Crippen LogP contribution < -0.4 is 15.6 Å². The monoisotopic (exact) mass is 440 g/mol. The molecule has 0 saturated heterocycles. The second-order valence-electron chi connectivity index (χ2n) is 7.42. The van der Waals surface area contributed by atoms with Crippen LogP contribution in [0, 0.1) is 25.2 Å². The second kappa shape index (κ2) is 9.24. The molecule has 0 unspecified atom stereocenters. The van der Waals surface area contributed by atoms with Crippen LogP contribution in [-0.4, -0.2) is 15.3 Å². The number of aryl methyl sites for hydroxylation is 2. The van der Waals surface area contributed by atoms with Crippen molar-refractivity contribution in [1.82, 2.24) is 14.7 Å². The number of carbonyl (C=O) groups is 1. The minimum atomic E-state index is -0.649. The predicted octanol–water partition coefficient (Wildman–Crippen LogP) is 3.92. The Hall–Kier alpha value is -4.64. The van der Waals surface area contributed by atoms with Crippen LogP contribution >= 0.6 is 0 Å². The van der Waals surface area contributed by atoms with Crippen LogP contribution in [0.1, 0.15) is 22.5 Å². The third kappa shape index (κ3) is 4.83. The maximum Gasteiger partial charge on any atom is 0.269 e. The number of nitrogens with one attached hydrogen (secondary N) is 1. The quantitative estimate of drug-likeness (QED) is 0.359. The summed E-state index contributed by atoms with van der Waals surface area (Å²) in [5, 5.41) is 12.2. The zero-order valence-corrected chi connectivity index (χ0v) is 18.0. The summed E-state index contributed by atoms with van der Waals surface area (Å²) in [5.41, 5.74) is 1.60. The van der Waals surface area contributed by atoms with Gasteiger partial charge in [0.15, 0.2) is 0 Å². The number of furan rings is 1. The topological polar surface area (TPSA) is 110 Å². The smallest absolute Gasteiger partial charge is 0.269 e. The van der Waals surface area contributed by atoms with Crippen LogP contribution in [0.3, 0.4) is 0 Å². The number of carbonyl (C=O) groups excluding carboxylic acids is 1. The van der Waals surface area contributed by atoms with E-state index in [1.54, 1.807) is 36.5 Å². The lowest BCUT2D eigenvalue weighted by molar-refractivity contribution is -0.117. The van der Waals surface area contributed by atoms with Crippen LogP contribution in [0.15, 0.2) is 75.8 Å². The minimum Gasteiger partial charge on any atom is -0.467 e. The normalized spacial score (nSPS) is 11.2. The largest absolute Gasteiger partial charge is 0.467 e. The van der Waals surface area contributed by atoms with E-state index in [0.29, 0.717) is 17.2 Å². The first-order valence-corrected chi connectivity index (χ1v) is 10.1. The Labute approximate surface area is 189 Å². The number of pyridine rings is 1. The predicted molar refractivity (Wildman–Crippen MR) is 122 cm³/mol. The van der Waals surface area contributed by atoms with Gasteiger partial charge in [-0.15, -0.1) is 0 Å². The number of aromatic nitrogens is 2. The molecule has 1 amide bonds. The van der Waals surface area contributed by atoms with E-state index in [-0.39, 0.29) is 23.6 Å². The summed E-state index contributed by atoms with van der Waals surface area (Å²) in [4.78, 5) is 30.3. The van der Waals surface area contributed by atoms with Crippen LogP contribution in [0.2, 0.25) is 0 Å². The van der Waals surface area contributed by atoms with Crippen molar-refractivity contribution in [1.29, 1.82) is 5.26 Å². The number of nitrogens with zero attached hydrogens (tertiary/aromatic N) is 3. The van der Waals surface area contributed by atoms with E-state index >= 15 is 0 Å². The molecular weight excluding hydrogens is 420 g/mol. The summed E-state index contributed by atoms with van der Waals surface area (Å²) in [5.74, 6) is 0.383. The second-order valence-corrected chi connectivity index (χ2v) is 7.42. The van der Waals surface area contributed by atoms with Crippen LogP contribution in [0.4, 0.5) is 0 Å². The van der Waals surface area contributed by atoms with Crippen molar-refractivity contribution in [2.75, 3.05) is 0 Å². The van der Waals surface area contributed by atoms with Crippen LogP contribution in [-0.2, 0) is 11.3 Å². The molecule has 0 aliphatic heterocycles. The van der Waals surface area contributed by atoms with Crippen molar-refractivity contribution in [2.24, 2.45) is 0 Å². The lowest BCUT2D eigenvalue weighted by atomic mass is 10.1. The van der Waals surface area contributed by atoms with Gasteiger partial charge in [0.2, 0.25) is 5.88 Å². The highest BCUT2D eigenvalue weighted by Crippen LogP contribution is 2.26.